The van der Waals surface area contributed by atoms with Crippen LogP contribution >= 0.6 is 0 Å². The van der Waals surface area contributed by atoms with Gasteiger partial charge in [-0.15, -0.1) is 0 Å². The van der Waals surface area contributed by atoms with E-state index in [1.165, 1.54) is 12.1 Å². The molecular weight excluding hydrogens is 435 g/mol. The van der Waals surface area contributed by atoms with Gasteiger partial charge in [-0.25, -0.2) is 9.18 Å². The number of aromatic nitrogens is 2. The number of carbonyl (C=O) groups is 1. The highest BCUT2D eigenvalue weighted by atomic mass is 19.1. The quantitative estimate of drug-likeness (QED) is 0.454. The van der Waals surface area contributed by atoms with Crippen LogP contribution in [0.5, 0.6) is 5.75 Å². The van der Waals surface area contributed by atoms with Crippen molar-refractivity contribution in [2.75, 3.05) is 13.2 Å². The van der Waals surface area contributed by atoms with Gasteiger partial charge >= 0.3 is 6.03 Å². The van der Waals surface area contributed by atoms with Gasteiger partial charge in [-0.1, -0.05) is 31.1 Å². The maximum Gasteiger partial charge on any atom is 0.322 e. The van der Waals surface area contributed by atoms with E-state index in [1.54, 1.807) is 17.0 Å². The predicted molar refractivity (Wildman–Crippen MR) is 127 cm³/mol. The number of urea groups is 1. The first-order valence-electron chi connectivity index (χ1n) is 11.5. The zero-order valence-corrected chi connectivity index (χ0v) is 19.8. The van der Waals surface area contributed by atoms with E-state index < -0.39 is 6.04 Å². The molecule has 0 saturated heterocycles. The number of hydrogen-bond donors (Lipinski definition) is 1. The van der Waals surface area contributed by atoms with Gasteiger partial charge < -0.3 is 14.6 Å². The van der Waals surface area contributed by atoms with Crippen LogP contribution in [-0.4, -0.2) is 34.2 Å². The van der Waals surface area contributed by atoms with Crippen LogP contribution in [0.4, 0.5) is 9.18 Å². The second-order valence-electron chi connectivity index (χ2n) is 8.65. The Balaban J connectivity index is 1.74. The monoisotopic (exact) mass is 464 g/mol. The third-order valence-corrected chi connectivity index (χ3v) is 5.79. The van der Waals surface area contributed by atoms with Gasteiger partial charge in [-0.3, -0.25) is 4.90 Å². The first-order chi connectivity index (χ1) is 16.4. The molecule has 34 heavy (non-hydrogen) atoms. The summed E-state index contributed by atoms with van der Waals surface area (Å²) < 4.78 is 25.2. The summed E-state index contributed by atoms with van der Waals surface area (Å²) in [6.07, 6.45) is 0.837. The first kappa shape index (κ1) is 23.5. The van der Waals surface area contributed by atoms with Gasteiger partial charge in [0.1, 0.15) is 11.6 Å². The summed E-state index contributed by atoms with van der Waals surface area (Å²) in [6.45, 7) is 9.14. The van der Waals surface area contributed by atoms with Crippen LogP contribution < -0.4 is 10.1 Å². The molecule has 8 heteroatoms. The zero-order chi connectivity index (χ0) is 24.2. The highest BCUT2D eigenvalue weighted by molar-refractivity contribution is 5.86. The van der Waals surface area contributed by atoms with Crippen LogP contribution in [-0.2, 0) is 0 Å². The van der Waals surface area contributed by atoms with Gasteiger partial charge in [0.15, 0.2) is 0 Å². The van der Waals surface area contributed by atoms with Crippen LogP contribution in [0.1, 0.15) is 51.6 Å². The number of halogens is 1. The van der Waals surface area contributed by atoms with E-state index in [4.69, 9.17) is 9.26 Å². The summed E-state index contributed by atoms with van der Waals surface area (Å²) in [7, 11) is 0. The number of carbonyl (C=O) groups excluding carboxylic acids is 1. The number of nitrogens with zero attached hydrogens (tertiary/aromatic N) is 3. The Kier molecular flexibility index (Phi) is 6.95. The molecule has 7 nitrogen and oxygen atoms in total. The maximum absolute atomic E-state index is 14.0. The molecule has 1 aliphatic heterocycles. The molecule has 0 aliphatic carbocycles. The van der Waals surface area contributed by atoms with Crippen molar-refractivity contribution in [1.82, 2.24) is 20.4 Å². The van der Waals surface area contributed by atoms with E-state index in [0.29, 0.717) is 41.7 Å². The molecule has 0 radical (unpaired) electrons. The molecule has 4 rings (SSSR count). The molecule has 0 saturated carbocycles. The fourth-order valence-corrected chi connectivity index (χ4v) is 3.97. The zero-order valence-electron chi connectivity index (χ0n) is 19.8. The summed E-state index contributed by atoms with van der Waals surface area (Å²) in [5.41, 5.74) is 2.74. The van der Waals surface area contributed by atoms with E-state index in [0.717, 1.165) is 17.7 Å². The van der Waals surface area contributed by atoms with E-state index in [2.05, 4.69) is 29.3 Å². The normalized spacial score (nSPS) is 16.2. The Morgan fingerprint density at radius 2 is 1.97 bits per heavy atom. The third kappa shape index (κ3) is 4.95. The number of amides is 2. The molecule has 2 heterocycles. The van der Waals surface area contributed by atoms with Crippen LogP contribution in [0, 0.1) is 11.7 Å². The largest absolute Gasteiger partial charge is 0.494 e. The van der Waals surface area contributed by atoms with Crippen LogP contribution in [0.2, 0.25) is 0 Å². The lowest BCUT2D eigenvalue weighted by Crippen LogP contribution is -2.46. The molecule has 1 unspecified atom stereocenters. The van der Waals surface area contributed by atoms with Gasteiger partial charge in [0, 0.05) is 17.8 Å². The highest BCUT2D eigenvalue weighted by Gasteiger charge is 2.35. The van der Waals surface area contributed by atoms with E-state index in [1.807, 2.05) is 38.1 Å². The third-order valence-electron chi connectivity index (χ3n) is 5.79. The molecular formula is C26H29FN4O3. The van der Waals surface area contributed by atoms with Gasteiger partial charge in [0.25, 0.3) is 5.89 Å². The summed E-state index contributed by atoms with van der Waals surface area (Å²) in [6, 6.07) is 12.7. The van der Waals surface area contributed by atoms with Crippen molar-refractivity contribution in [2.24, 2.45) is 5.92 Å². The Hall–Kier alpha value is -3.68. The summed E-state index contributed by atoms with van der Waals surface area (Å²) in [4.78, 5) is 19.3. The Bertz CT molecular complexity index is 1190. The van der Waals surface area contributed by atoms with E-state index >= 15 is 0 Å². The second-order valence-corrected chi connectivity index (χ2v) is 8.65. The molecule has 1 aliphatic rings. The minimum atomic E-state index is -0.618. The fraction of sp³-hybridized carbons (Fsp3) is 0.346. The van der Waals surface area contributed by atoms with Crippen molar-refractivity contribution in [1.29, 1.82) is 0 Å². The molecule has 3 aromatic rings. The average molecular weight is 465 g/mol. The van der Waals surface area contributed by atoms with Crippen molar-refractivity contribution in [3.8, 4) is 17.1 Å². The summed E-state index contributed by atoms with van der Waals surface area (Å²) in [5, 5.41) is 7.17. The molecule has 178 valence electrons. The lowest BCUT2D eigenvalue weighted by Gasteiger charge is -2.35. The lowest BCUT2D eigenvalue weighted by atomic mass is 9.94. The smallest absolute Gasteiger partial charge is 0.322 e. The Labute approximate surface area is 198 Å². The van der Waals surface area contributed by atoms with E-state index in [-0.39, 0.29) is 17.7 Å². The van der Waals surface area contributed by atoms with Gasteiger partial charge in [0.2, 0.25) is 5.82 Å². The van der Waals surface area contributed by atoms with Crippen molar-refractivity contribution in [2.45, 2.75) is 40.2 Å². The van der Waals surface area contributed by atoms with Crippen molar-refractivity contribution < 1.29 is 18.4 Å². The minimum absolute atomic E-state index is 0.234. The molecule has 1 atom stereocenters. The predicted octanol–water partition coefficient (Wildman–Crippen LogP) is 5.82. The number of nitrogens with one attached hydrogen (secondary N) is 1. The first-order valence-corrected chi connectivity index (χ1v) is 11.5. The average Bonchev–Trinajstić information content (AvgIpc) is 3.29. The highest BCUT2D eigenvalue weighted by Crippen LogP contribution is 2.37. The molecule has 0 bridgehead atoms. The number of benzene rings is 2. The number of ether oxygens (including phenoxy) is 1. The van der Waals surface area contributed by atoms with Gasteiger partial charge in [0.05, 0.1) is 18.2 Å². The molecule has 1 N–H and O–H groups in total. The summed E-state index contributed by atoms with van der Waals surface area (Å²) >= 11 is 0. The molecule has 1 aromatic heterocycles. The van der Waals surface area contributed by atoms with Crippen molar-refractivity contribution in [3.05, 3.63) is 71.5 Å². The summed E-state index contributed by atoms with van der Waals surface area (Å²) in [5.74, 6) is 1.51. The van der Waals surface area contributed by atoms with Crippen molar-refractivity contribution in [3.63, 3.8) is 0 Å². The van der Waals surface area contributed by atoms with Gasteiger partial charge in [-0.2, -0.15) is 4.98 Å². The Morgan fingerprint density at radius 1 is 1.21 bits per heavy atom. The van der Waals surface area contributed by atoms with Crippen LogP contribution in [0.25, 0.3) is 17.0 Å². The molecule has 2 amide bonds. The van der Waals surface area contributed by atoms with Gasteiger partial charge in [-0.05, 0) is 68.1 Å². The number of rotatable bonds is 8. The molecule has 0 spiro atoms. The van der Waals surface area contributed by atoms with Crippen LogP contribution in [0.3, 0.4) is 0 Å². The maximum atomic E-state index is 14.0. The molecule has 2 aromatic carbocycles. The fourth-order valence-electron chi connectivity index (χ4n) is 3.97. The van der Waals surface area contributed by atoms with Crippen LogP contribution in [0.15, 0.2) is 58.8 Å². The second kappa shape index (κ2) is 10.1. The topological polar surface area (TPSA) is 80.5 Å². The van der Waals surface area contributed by atoms with E-state index in [9.17, 15) is 9.18 Å². The SMILES string of the molecule is CCOc1ccc(-c2noc(C3=C(C)N(CCC(C)C)C(=O)NC3c3cccc(F)c3)n2)cc1. The Morgan fingerprint density at radius 3 is 2.65 bits per heavy atom. The number of allylic oxidation sites excluding steroid dienone is 1. The lowest BCUT2D eigenvalue weighted by molar-refractivity contribution is 0.202. The van der Waals surface area contributed by atoms with Crippen molar-refractivity contribution >= 4 is 11.6 Å². The minimum Gasteiger partial charge on any atom is -0.494 e. The standard InChI is InChI=1S/C26H29FN4O3/c1-5-33-21-11-9-18(10-12-21)24-29-25(34-30-24)22-17(4)31(14-13-16(2)3)26(32)28-23(22)19-7-6-8-20(27)15-19/h6-12,15-16,23H,5,13-14H2,1-4H3,(H,28,32). The molecule has 0 fully saturated rings. The number of hydrogen-bond acceptors (Lipinski definition) is 5.